The Morgan fingerprint density at radius 2 is 2.09 bits per heavy atom. The Bertz CT molecular complexity index is 125. The van der Waals surface area contributed by atoms with Crippen LogP contribution in [0.25, 0.3) is 0 Å². The standard InChI is InChI=1S/C10H19N/c1-3-5-7-10(4-2)8-6-9-11/h8-9,11H,3-7H2,1-2H3/b10-8+,11-9?. The highest BCUT2D eigenvalue weighted by atomic mass is 14.3. The van der Waals surface area contributed by atoms with Crippen molar-refractivity contribution in [3.05, 3.63) is 11.6 Å². The SMILES string of the molecule is CCCC/C(=C/CC=N)CC. The summed E-state index contributed by atoms with van der Waals surface area (Å²) in [6.45, 7) is 4.40. The van der Waals surface area contributed by atoms with Crippen molar-refractivity contribution < 1.29 is 0 Å². The average molecular weight is 153 g/mol. The van der Waals surface area contributed by atoms with E-state index in [0.717, 1.165) is 12.8 Å². The molecule has 1 nitrogen and oxygen atoms in total. The molecule has 0 spiro atoms. The topological polar surface area (TPSA) is 23.9 Å². The minimum absolute atomic E-state index is 0.812. The van der Waals surface area contributed by atoms with E-state index in [1.54, 1.807) is 0 Å². The van der Waals surface area contributed by atoms with E-state index in [0.29, 0.717) is 0 Å². The summed E-state index contributed by atoms with van der Waals surface area (Å²) in [6, 6.07) is 0. The van der Waals surface area contributed by atoms with E-state index in [-0.39, 0.29) is 0 Å². The maximum Gasteiger partial charge on any atom is 0.000250 e. The Kier molecular flexibility index (Phi) is 7.11. The Morgan fingerprint density at radius 1 is 1.36 bits per heavy atom. The zero-order valence-electron chi connectivity index (χ0n) is 7.69. The molecule has 0 aliphatic carbocycles. The van der Waals surface area contributed by atoms with Gasteiger partial charge in [0.1, 0.15) is 0 Å². The lowest BCUT2D eigenvalue weighted by molar-refractivity contribution is 0.764. The fraction of sp³-hybridized carbons (Fsp3) is 0.700. The molecule has 0 aliphatic rings. The van der Waals surface area contributed by atoms with Crippen molar-refractivity contribution >= 4 is 6.21 Å². The fourth-order valence-corrected chi connectivity index (χ4v) is 1.05. The first-order valence-corrected chi connectivity index (χ1v) is 4.52. The number of nitrogens with one attached hydrogen (secondary N) is 1. The van der Waals surface area contributed by atoms with Crippen molar-refractivity contribution in [2.24, 2.45) is 0 Å². The lowest BCUT2D eigenvalue weighted by Crippen LogP contribution is -1.82. The van der Waals surface area contributed by atoms with E-state index in [2.05, 4.69) is 19.9 Å². The fourth-order valence-electron chi connectivity index (χ4n) is 1.05. The molecule has 0 bridgehead atoms. The molecule has 0 saturated heterocycles. The largest absolute Gasteiger partial charge is 0.313 e. The van der Waals surface area contributed by atoms with Gasteiger partial charge in [0.05, 0.1) is 0 Å². The van der Waals surface area contributed by atoms with Crippen LogP contribution < -0.4 is 0 Å². The molecule has 11 heavy (non-hydrogen) atoms. The summed E-state index contributed by atoms with van der Waals surface area (Å²) in [5, 5.41) is 6.88. The van der Waals surface area contributed by atoms with Gasteiger partial charge in [-0.3, -0.25) is 0 Å². The van der Waals surface area contributed by atoms with Crippen LogP contribution >= 0.6 is 0 Å². The highest BCUT2D eigenvalue weighted by Gasteiger charge is 1.91. The summed E-state index contributed by atoms with van der Waals surface area (Å²) in [5.74, 6) is 0. The van der Waals surface area contributed by atoms with Crippen LogP contribution in [0.4, 0.5) is 0 Å². The van der Waals surface area contributed by atoms with Crippen molar-refractivity contribution in [1.82, 2.24) is 0 Å². The van der Waals surface area contributed by atoms with Gasteiger partial charge in [-0.1, -0.05) is 31.9 Å². The molecule has 0 fully saturated rings. The highest BCUT2D eigenvalue weighted by Crippen LogP contribution is 2.11. The zero-order chi connectivity index (χ0) is 8.53. The van der Waals surface area contributed by atoms with Crippen molar-refractivity contribution in [2.45, 2.75) is 46.0 Å². The molecule has 0 aromatic heterocycles. The van der Waals surface area contributed by atoms with Gasteiger partial charge in [-0.25, -0.2) is 0 Å². The van der Waals surface area contributed by atoms with Crippen LogP contribution in [0, 0.1) is 5.41 Å². The van der Waals surface area contributed by atoms with E-state index >= 15 is 0 Å². The van der Waals surface area contributed by atoms with Crippen molar-refractivity contribution in [1.29, 1.82) is 5.41 Å². The zero-order valence-corrected chi connectivity index (χ0v) is 7.69. The maximum atomic E-state index is 6.88. The van der Waals surface area contributed by atoms with Gasteiger partial charge >= 0.3 is 0 Å². The third-order valence-corrected chi connectivity index (χ3v) is 1.83. The molecule has 0 atom stereocenters. The Hall–Kier alpha value is -0.590. The number of rotatable bonds is 6. The summed E-state index contributed by atoms with van der Waals surface area (Å²) < 4.78 is 0. The predicted octanol–water partition coefficient (Wildman–Crippen LogP) is 3.55. The van der Waals surface area contributed by atoms with Crippen molar-refractivity contribution in [3.63, 3.8) is 0 Å². The summed E-state index contributed by atoms with van der Waals surface area (Å²) >= 11 is 0. The quantitative estimate of drug-likeness (QED) is 0.445. The molecule has 0 aliphatic heterocycles. The molecule has 1 N–H and O–H groups in total. The molecule has 1 heteroatoms. The molecule has 0 radical (unpaired) electrons. The van der Waals surface area contributed by atoms with E-state index in [4.69, 9.17) is 5.41 Å². The number of hydrogen-bond donors (Lipinski definition) is 1. The number of allylic oxidation sites excluding steroid dienone is 2. The van der Waals surface area contributed by atoms with Crippen LogP contribution in [-0.2, 0) is 0 Å². The molecule has 0 aromatic rings. The molecule has 0 unspecified atom stereocenters. The molecule has 0 saturated carbocycles. The second-order valence-corrected chi connectivity index (χ2v) is 2.76. The molecule has 0 heterocycles. The van der Waals surface area contributed by atoms with Gasteiger partial charge < -0.3 is 5.41 Å². The summed E-state index contributed by atoms with van der Waals surface area (Å²) in [6.07, 6.45) is 9.38. The summed E-state index contributed by atoms with van der Waals surface area (Å²) in [5.41, 5.74) is 1.51. The van der Waals surface area contributed by atoms with Gasteiger partial charge in [-0.05, 0) is 25.5 Å². The molecule has 0 amide bonds. The maximum absolute atomic E-state index is 6.88. The van der Waals surface area contributed by atoms with Crippen LogP contribution in [-0.4, -0.2) is 6.21 Å². The average Bonchev–Trinajstić information content (AvgIpc) is 2.05. The predicted molar refractivity (Wildman–Crippen MR) is 51.3 cm³/mol. The van der Waals surface area contributed by atoms with Gasteiger partial charge in [0.2, 0.25) is 0 Å². The van der Waals surface area contributed by atoms with E-state index in [1.165, 1.54) is 31.1 Å². The third-order valence-electron chi connectivity index (χ3n) is 1.83. The van der Waals surface area contributed by atoms with Crippen LogP contribution in [0.5, 0.6) is 0 Å². The molecule has 0 aromatic carbocycles. The second-order valence-electron chi connectivity index (χ2n) is 2.76. The number of unbranched alkanes of at least 4 members (excludes halogenated alkanes) is 1. The smallest absolute Gasteiger partial charge is 0.000250 e. The second kappa shape index (κ2) is 7.52. The first-order valence-electron chi connectivity index (χ1n) is 4.52. The minimum Gasteiger partial charge on any atom is -0.313 e. The van der Waals surface area contributed by atoms with Gasteiger partial charge in [-0.15, -0.1) is 0 Å². The van der Waals surface area contributed by atoms with E-state index < -0.39 is 0 Å². The van der Waals surface area contributed by atoms with E-state index in [9.17, 15) is 0 Å². The van der Waals surface area contributed by atoms with Gasteiger partial charge in [0.25, 0.3) is 0 Å². The van der Waals surface area contributed by atoms with Crippen LogP contribution in [0.2, 0.25) is 0 Å². The summed E-state index contributed by atoms with van der Waals surface area (Å²) in [4.78, 5) is 0. The van der Waals surface area contributed by atoms with Gasteiger partial charge in [0.15, 0.2) is 0 Å². The van der Waals surface area contributed by atoms with Crippen LogP contribution in [0.15, 0.2) is 11.6 Å². The molecular weight excluding hydrogens is 134 g/mol. The monoisotopic (exact) mass is 153 g/mol. The van der Waals surface area contributed by atoms with Crippen LogP contribution in [0.3, 0.4) is 0 Å². The molecule has 0 rings (SSSR count). The van der Waals surface area contributed by atoms with Gasteiger partial charge in [0, 0.05) is 6.42 Å². The first kappa shape index (κ1) is 10.4. The Balaban J connectivity index is 3.63. The van der Waals surface area contributed by atoms with Crippen molar-refractivity contribution in [3.8, 4) is 0 Å². The summed E-state index contributed by atoms with van der Waals surface area (Å²) in [7, 11) is 0. The van der Waals surface area contributed by atoms with Crippen molar-refractivity contribution in [2.75, 3.05) is 0 Å². The normalized spacial score (nSPS) is 11.6. The Morgan fingerprint density at radius 3 is 2.55 bits per heavy atom. The minimum atomic E-state index is 0.812. The Labute approximate surface area is 70.0 Å². The van der Waals surface area contributed by atoms with Crippen LogP contribution in [0.1, 0.15) is 46.0 Å². The first-order chi connectivity index (χ1) is 5.35. The number of hydrogen-bond acceptors (Lipinski definition) is 1. The molecule has 64 valence electrons. The lowest BCUT2D eigenvalue weighted by atomic mass is 10.1. The third kappa shape index (κ3) is 5.84. The molecular formula is C10H19N. The lowest BCUT2D eigenvalue weighted by Gasteiger charge is -2.01. The highest BCUT2D eigenvalue weighted by molar-refractivity contribution is 5.55. The van der Waals surface area contributed by atoms with Gasteiger partial charge in [-0.2, -0.15) is 0 Å². The van der Waals surface area contributed by atoms with E-state index in [1.807, 2.05) is 0 Å².